The van der Waals surface area contributed by atoms with Crippen molar-refractivity contribution in [2.24, 2.45) is 5.92 Å². The average molecular weight is 290 g/mol. The summed E-state index contributed by atoms with van der Waals surface area (Å²) in [6.07, 6.45) is 2.77. The first-order valence-electron chi connectivity index (χ1n) is 6.18. The molecule has 0 heterocycles. The second-order valence-corrected chi connectivity index (χ2v) is 5.89. The SMILES string of the molecule is CC(Nc1ccc2cc(Br)ccc2c1)C1CC1. The van der Waals surface area contributed by atoms with Gasteiger partial charge < -0.3 is 5.32 Å². The molecule has 1 N–H and O–H groups in total. The highest BCUT2D eigenvalue weighted by Crippen LogP contribution is 2.34. The van der Waals surface area contributed by atoms with Crippen LogP contribution in [-0.4, -0.2) is 6.04 Å². The lowest BCUT2D eigenvalue weighted by Gasteiger charge is -2.14. The van der Waals surface area contributed by atoms with E-state index >= 15 is 0 Å². The lowest BCUT2D eigenvalue weighted by Crippen LogP contribution is -2.16. The van der Waals surface area contributed by atoms with Crippen LogP contribution >= 0.6 is 15.9 Å². The van der Waals surface area contributed by atoms with Gasteiger partial charge in [-0.1, -0.05) is 28.1 Å². The van der Waals surface area contributed by atoms with Crippen molar-refractivity contribution in [1.29, 1.82) is 0 Å². The summed E-state index contributed by atoms with van der Waals surface area (Å²) < 4.78 is 1.14. The van der Waals surface area contributed by atoms with Crippen LogP contribution < -0.4 is 5.32 Å². The second-order valence-electron chi connectivity index (χ2n) is 4.98. The summed E-state index contributed by atoms with van der Waals surface area (Å²) in [4.78, 5) is 0. The molecule has 1 unspecified atom stereocenters. The molecule has 2 aromatic rings. The van der Waals surface area contributed by atoms with Gasteiger partial charge in [0, 0.05) is 16.2 Å². The Morgan fingerprint density at radius 1 is 1.12 bits per heavy atom. The number of halogens is 1. The molecule has 1 atom stereocenters. The molecule has 3 rings (SSSR count). The van der Waals surface area contributed by atoms with E-state index in [0.717, 1.165) is 10.4 Å². The summed E-state index contributed by atoms with van der Waals surface area (Å²) in [7, 11) is 0. The summed E-state index contributed by atoms with van der Waals surface area (Å²) in [6.45, 7) is 2.28. The molecule has 2 heteroatoms. The molecular formula is C15H16BrN. The quantitative estimate of drug-likeness (QED) is 0.855. The molecule has 0 aromatic heterocycles. The van der Waals surface area contributed by atoms with Crippen LogP contribution in [0, 0.1) is 5.92 Å². The molecule has 1 aliphatic rings. The maximum absolute atomic E-state index is 3.60. The number of anilines is 1. The van der Waals surface area contributed by atoms with E-state index in [1.165, 1.54) is 29.3 Å². The van der Waals surface area contributed by atoms with Crippen molar-refractivity contribution in [3.63, 3.8) is 0 Å². The van der Waals surface area contributed by atoms with Crippen molar-refractivity contribution in [3.8, 4) is 0 Å². The molecule has 0 saturated heterocycles. The maximum atomic E-state index is 3.60. The van der Waals surface area contributed by atoms with Crippen molar-refractivity contribution >= 4 is 32.4 Å². The zero-order chi connectivity index (χ0) is 11.8. The molecule has 2 aromatic carbocycles. The Kier molecular flexibility index (Phi) is 2.83. The Labute approximate surface area is 110 Å². The van der Waals surface area contributed by atoms with Crippen molar-refractivity contribution in [3.05, 3.63) is 40.9 Å². The van der Waals surface area contributed by atoms with Crippen LogP contribution in [0.5, 0.6) is 0 Å². The molecule has 1 saturated carbocycles. The molecule has 1 fully saturated rings. The first-order chi connectivity index (χ1) is 8.22. The Hall–Kier alpha value is -1.02. The van der Waals surface area contributed by atoms with Crippen LogP contribution in [0.1, 0.15) is 19.8 Å². The van der Waals surface area contributed by atoms with Crippen molar-refractivity contribution in [2.75, 3.05) is 5.32 Å². The lowest BCUT2D eigenvalue weighted by molar-refractivity contribution is 0.694. The molecular weight excluding hydrogens is 274 g/mol. The number of hydrogen-bond donors (Lipinski definition) is 1. The number of nitrogens with one attached hydrogen (secondary N) is 1. The van der Waals surface area contributed by atoms with E-state index in [2.05, 4.69) is 64.6 Å². The fourth-order valence-corrected chi connectivity index (χ4v) is 2.66. The highest BCUT2D eigenvalue weighted by atomic mass is 79.9. The zero-order valence-corrected chi connectivity index (χ0v) is 11.5. The smallest absolute Gasteiger partial charge is 0.0348 e. The summed E-state index contributed by atoms with van der Waals surface area (Å²) >= 11 is 3.50. The number of rotatable bonds is 3. The highest BCUT2D eigenvalue weighted by Gasteiger charge is 2.27. The fraction of sp³-hybridized carbons (Fsp3) is 0.333. The van der Waals surface area contributed by atoms with E-state index in [-0.39, 0.29) is 0 Å². The van der Waals surface area contributed by atoms with Gasteiger partial charge >= 0.3 is 0 Å². The molecule has 0 radical (unpaired) electrons. The minimum Gasteiger partial charge on any atom is -0.382 e. The topological polar surface area (TPSA) is 12.0 Å². The van der Waals surface area contributed by atoms with E-state index in [4.69, 9.17) is 0 Å². The van der Waals surface area contributed by atoms with Gasteiger partial charge in [-0.3, -0.25) is 0 Å². The van der Waals surface area contributed by atoms with Crippen LogP contribution in [0.3, 0.4) is 0 Å². The van der Waals surface area contributed by atoms with Crippen LogP contribution in [0.25, 0.3) is 10.8 Å². The van der Waals surface area contributed by atoms with E-state index in [1.807, 2.05) is 0 Å². The third-order valence-corrected chi connectivity index (χ3v) is 4.02. The van der Waals surface area contributed by atoms with E-state index in [0.29, 0.717) is 6.04 Å². The van der Waals surface area contributed by atoms with Gasteiger partial charge in [-0.05, 0) is 60.7 Å². The Morgan fingerprint density at radius 3 is 2.59 bits per heavy atom. The van der Waals surface area contributed by atoms with Crippen LogP contribution in [0.15, 0.2) is 40.9 Å². The molecule has 88 valence electrons. The minimum atomic E-state index is 0.600. The average Bonchev–Trinajstić information content (AvgIpc) is 3.13. The van der Waals surface area contributed by atoms with Crippen LogP contribution in [-0.2, 0) is 0 Å². The standard InChI is InChI=1S/C15H16BrN/c1-10(11-2-3-11)17-15-7-5-12-8-14(16)6-4-13(12)9-15/h4-11,17H,2-3H2,1H3. The molecule has 1 nitrogen and oxygen atoms in total. The molecule has 1 aliphatic carbocycles. The first-order valence-corrected chi connectivity index (χ1v) is 6.97. The number of hydrogen-bond acceptors (Lipinski definition) is 1. The van der Waals surface area contributed by atoms with Gasteiger partial charge in [0.05, 0.1) is 0 Å². The van der Waals surface area contributed by atoms with E-state index in [9.17, 15) is 0 Å². The number of fused-ring (bicyclic) bond motifs is 1. The summed E-state index contributed by atoms with van der Waals surface area (Å²) in [5.41, 5.74) is 1.24. The molecule has 0 bridgehead atoms. The Morgan fingerprint density at radius 2 is 1.82 bits per heavy atom. The zero-order valence-electron chi connectivity index (χ0n) is 9.91. The lowest BCUT2D eigenvalue weighted by atomic mass is 10.1. The largest absolute Gasteiger partial charge is 0.382 e. The van der Waals surface area contributed by atoms with Crippen LogP contribution in [0.2, 0.25) is 0 Å². The molecule has 0 aliphatic heterocycles. The van der Waals surface area contributed by atoms with Crippen molar-refractivity contribution in [1.82, 2.24) is 0 Å². The molecule has 17 heavy (non-hydrogen) atoms. The van der Waals surface area contributed by atoms with E-state index < -0.39 is 0 Å². The molecule has 0 spiro atoms. The third kappa shape index (κ3) is 2.47. The predicted octanol–water partition coefficient (Wildman–Crippen LogP) is 4.81. The van der Waals surface area contributed by atoms with Crippen molar-refractivity contribution in [2.45, 2.75) is 25.8 Å². The predicted molar refractivity (Wildman–Crippen MR) is 77.5 cm³/mol. The maximum Gasteiger partial charge on any atom is 0.0348 e. The van der Waals surface area contributed by atoms with Gasteiger partial charge in [-0.25, -0.2) is 0 Å². The fourth-order valence-electron chi connectivity index (χ4n) is 2.28. The highest BCUT2D eigenvalue weighted by molar-refractivity contribution is 9.10. The Bertz CT molecular complexity index is 546. The van der Waals surface area contributed by atoms with Gasteiger partial charge in [0.25, 0.3) is 0 Å². The van der Waals surface area contributed by atoms with Crippen molar-refractivity contribution < 1.29 is 0 Å². The Balaban J connectivity index is 1.87. The van der Waals surface area contributed by atoms with Crippen LogP contribution in [0.4, 0.5) is 5.69 Å². The number of benzene rings is 2. The van der Waals surface area contributed by atoms with Gasteiger partial charge in [0.1, 0.15) is 0 Å². The second kappa shape index (κ2) is 4.34. The van der Waals surface area contributed by atoms with Gasteiger partial charge in [0.2, 0.25) is 0 Å². The third-order valence-electron chi connectivity index (χ3n) is 3.53. The summed E-state index contributed by atoms with van der Waals surface area (Å²) in [5.74, 6) is 0.885. The van der Waals surface area contributed by atoms with Gasteiger partial charge in [-0.15, -0.1) is 0 Å². The monoisotopic (exact) mass is 289 g/mol. The first kappa shape index (κ1) is 11.1. The van der Waals surface area contributed by atoms with Gasteiger partial charge in [-0.2, -0.15) is 0 Å². The molecule has 0 amide bonds. The normalized spacial score (nSPS) is 17.1. The minimum absolute atomic E-state index is 0.600. The van der Waals surface area contributed by atoms with E-state index in [1.54, 1.807) is 0 Å². The van der Waals surface area contributed by atoms with Gasteiger partial charge in [0.15, 0.2) is 0 Å². The summed E-state index contributed by atoms with van der Waals surface area (Å²) in [6, 6.07) is 13.6. The summed E-state index contributed by atoms with van der Waals surface area (Å²) in [5, 5.41) is 6.17.